The molecule has 222 valence electrons. The summed E-state index contributed by atoms with van der Waals surface area (Å²) in [6.07, 6.45) is 2.14. The molecule has 0 unspecified atom stereocenters. The number of amides is 1. The fourth-order valence-electron chi connectivity index (χ4n) is 3.60. The fourth-order valence-corrected chi connectivity index (χ4v) is 4.98. The Hall–Kier alpha value is -2.88. The van der Waals surface area contributed by atoms with Crippen molar-refractivity contribution in [1.29, 1.82) is 0 Å². The van der Waals surface area contributed by atoms with Crippen molar-refractivity contribution in [3.05, 3.63) is 65.7 Å². The molecule has 0 bridgehead atoms. The van der Waals surface area contributed by atoms with Crippen LogP contribution in [0.25, 0.3) is 0 Å². The number of carbonyl (C=O) groups is 1. The normalized spacial score (nSPS) is 12.8. The third kappa shape index (κ3) is 13.5. The number of nitrogens with zero attached hydrogens (tertiary/aromatic N) is 1. The second kappa shape index (κ2) is 17.0. The highest BCUT2D eigenvalue weighted by molar-refractivity contribution is 7.57. The van der Waals surface area contributed by atoms with Crippen molar-refractivity contribution >= 4 is 13.5 Å². The maximum Gasteiger partial charge on any atom is 0.422 e. The van der Waals surface area contributed by atoms with E-state index in [0.29, 0.717) is 24.3 Å². The van der Waals surface area contributed by atoms with Crippen LogP contribution in [0.1, 0.15) is 57.7 Å². The van der Waals surface area contributed by atoms with Crippen LogP contribution in [0.4, 0.5) is 13.2 Å². The van der Waals surface area contributed by atoms with Gasteiger partial charge in [-0.2, -0.15) is 13.2 Å². The first-order chi connectivity index (χ1) is 19.1. The molecule has 12 heteroatoms. The van der Waals surface area contributed by atoms with E-state index in [2.05, 4.69) is 17.2 Å². The van der Waals surface area contributed by atoms with Crippen molar-refractivity contribution < 1.29 is 41.1 Å². The summed E-state index contributed by atoms with van der Waals surface area (Å²) in [7, 11) is -3.43. The zero-order valence-electron chi connectivity index (χ0n) is 23.1. The van der Waals surface area contributed by atoms with Gasteiger partial charge in [0.1, 0.15) is 18.1 Å². The summed E-state index contributed by atoms with van der Waals surface area (Å²) < 4.78 is 71.2. The van der Waals surface area contributed by atoms with Crippen LogP contribution in [0.3, 0.4) is 0 Å². The molecular weight excluding hydrogens is 548 g/mol. The van der Waals surface area contributed by atoms with Crippen LogP contribution in [0.2, 0.25) is 0 Å². The molecule has 2 aromatic rings. The predicted octanol–water partition coefficient (Wildman–Crippen LogP) is 6.99. The summed E-state index contributed by atoms with van der Waals surface area (Å²) >= 11 is 0. The molecule has 0 aliphatic heterocycles. The van der Waals surface area contributed by atoms with Gasteiger partial charge >= 0.3 is 13.8 Å². The summed E-state index contributed by atoms with van der Waals surface area (Å²) in [5, 5.41) is 2.99. The smallest absolute Gasteiger partial charge is 0.422 e. The summed E-state index contributed by atoms with van der Waals surface area (Å²) in [5.41, 5.74) is 1.30. The molecule has 0 fully saturated rings. The quantitative estimate of drug-likeness (QED) is 0.149. The molecule has 0 radical (unpaired) electrons. The Morgan fingerprint density at radius 1 is 1.02 bits per heavy atom. The Morgan fingerprint density at radius 3 is 2.35 bits per heavy atom. The van der Waals surface area contributed by atoms with Crippen LogP contribution in [0.15, 0.2) is 54.5 Å². The number of pyridine rings is 1. The molecule has 0 aliphatic rings. The number of benzene rings is 1. The number of nitrogens with one attached hydrogen (secondary N) is 1. The molecular formula is C28H38F3N2O6P. The van der Waals surface area contributed by atoms with Gasteiger partial charge in [-0.1, -0.05) is 38.0 Å². The number of hydrogen-bond donors (Lipinski definition) is 1. The maximum absolute atomic E-state index is 12.9. The molecule has 0 saturated carbocycles. The molecule has 1 heterocycles. The van der Waals surface area contributed by atoms with Crippen LogP contribution in [-0.4, -0.2) is 42.9 Å². The van der Waals surface area contributed by atoms with E-state index >= 15 is 0 Å². The lowest BCUT2D eigenvalue weighted by molar-refractivity contribution is -0.153. The van der Waals surface area contributed by atoms with E-state index in [4.69, 9.17) is 18.5 Å². The highest BCUT2D eigenvalue weighted by Crippen LogP contribution is 2.49. The molecule has 0 aliphatic carbocycles. The van der Waals surface area contributed by atoms with Gasteiger partial charge in [0.2, 0.25) is 5.91 Å². The first-order valence-corrected chi connectivity index (χ1v) is 14.9. The van der Waals surface area contributed by atoms with Crippen molar-refractivity contribution in [2.75, 3.05) is 19.8 Å². The van der Waals surface area contributed by atoms with Gasteiger partial charge in [0.05, 0.1) is 24.9 Å². The van der Waals surface area contributed by atoms with Crippen LogP contribution < -0.4 is 14.8 Å². The lowest BCUT2D eigenvalue weighted by Crippen LogP contribution is -2.34. The van der Waals surface area contributed by atoms with E-state index in [-0.39, 0.29) is 31.5 Å². The Bertz CT molecular complexity index is 1100. The van der Waals surface area contributed by atoms with Crippen LogP contribution >= 0.6 is 7.60 Å². The summed E-state index contributed by atoms with van der Waals surface area (Å²) in [5.74, 6) is 1.88. The molecule has 1 amide bonds. The van der Waals surface area contributed by atoms with E-state index in [1.165, 1.54) is 24.1 Å². The largest absolute Gasteiger partial charge is 0.487 e. The molecule has 0 spiro atoms. The Balaban J connectivity index is 2.04. The zero-order valence-corrected chi connectivity index (χ0v) is 24.0. The molecule has 1 N–H and O–H groups in total. The lowest BCUT2D eigenvalue weighted by Gasteiger charge is -2.18. The van der Waals surface area contributed by atoms with Crippen molar-refractivity contribution in [2.45, 2.75) is 71.7 Å². The predicted molar refractivity (Wildman–Crippen MR) is 146 cm³/mol. The van der Waals surface area contributed by atoms with Gasteiger partial charge in [0.25, 0.3) is 0 Å². The molecule has 1 aromatic carbocycles. The first-order valence-electron chi connectivity index (χ1n) is 13.3. The second-order valence-electron chi connectivity index (χ2n) is 8.87. The fraction of sp³-hybridized carbons (Fsp3) is 0.500. The van der Waals surface area contributed by atoms with Crippen LogP contribution in [-0.2, 0) is 31.4 Å². The SMILES string of the molecule is CCCCCC(=O)N[C@@H](C=CP(=O)(OCC)OCC)Cc1ccc(OCc2cc(OCC(F)(F)F)ccn2)cc1. The van der Waals surface area contributed by atoms with E-state index in [1.54, 1.807) is 32.1 Å². The van der Waals surface area contributed by atoms with E-state index in [9.17, 15) is 22.5 Å². The van der Waals surface area contributed by atoms with Crippen molar-refractivity contribution in [3.63, 3.8) is 0 Å². The van der Waals surface area contributed by atoms with Gasteiger partial charge in [-0.05, 0) is 50.5 Å². The van der Waals surface area contributed by atoms with Crippen LogP contribution in [0.5, 0.6) is 11.5 Å². The van der Waals surface area contributed by atoms with Gasteiger partial charge in [0, 0.05) is 24.5 Å². The van der Waals surface area contributed by atoms with Gasteiger partial charge < -0.3 is 23.8 Å². The zero-order chi connectivity index (χ0) is 29.4. The molecule has 40 heavy (non-hydrogen) atoms. The van der Waals surface area contributed by atoms with Crippen molar-refractivity contribution in [3.8, 4) is 11.5 Å². The van der Waals surface area contributed by atoms with E-state index in [1.807, 2.05) is 12.1 Å². The number of halogens is 3. The number of ether oxygens (including phenoxy) is 2. The Labute approximate surface area is 233 Å². The van der Waals surface area contributed by atoms with E-state index in [0.717, 1.165) is 24.8 Å². The average molecular weight is 587 g/mol. The second-order valence-corrected chi connectivity index (χ2v) is 10.8. The van der Waals surface area contributed by atoms with Crippen molar-refractivity contribution in [2.24, 2.45) is 0 Å². The summed E-state index contributed by atoms with van der Waals surface area (Å²) in [4.78, 5) is 16.6. The summed E-state index contributed by atoms with van der Waals surface area (Å²) in [6.45, 7) is 4.61. The topological polar surface area (TPSA) is 96.0 Å². The Kier molecular flexibility index (Phi) is 14.2. The monoisotopic (exact) mass is 586 g/mol. The minimum Gasteiger partial charge on any atom is -0.487 e. The van der Waals surface area contributed by atoms with Crippen molar-refractivity contribution in [1.82, 2.24) is 10.3 Å². The third-order valence-corrected chi connectivity index (χ3v) is 7.20. The third-order valence-electron chi connectivity index (χ3n) is 5.43. The number of rotatable bonds is 18. The minimum atomic E-state index is -4.43. The number of carbonyl (C=O) groups excluding carboxylic acids is 1. The number of aromatic nitrogens is 1. The molecule has 1 aromatic heterocycles. The molecule has 0 saturated heterocycles. The number of hydrogen-bond acceptors (Lipinski definition) is 7. The number of unbranched alkanes of at least 4 members (excludes halogenated alkanes) is 2. The standard InChI is InChI=1S/C28H38F3N2O6P/c1-4-7-8-9-27(34)33-23(15-17-40(35,38-5-2)39-6-3)18-22-10-12-25(13-11-22)36-20-24-19-26(14-16-32-24)37-21-28(29,30)31/h10-17,19,23H,4-9,18,20-21H2,1-3H3,(H,33,34)/t23-/m0/s1. The molecule has 2 rings (SSSR count). The molecule has 8 nitrogen and oxygen atoms in total. The van der Waals surface area contributed by atoms with Gasteiger partial charge in [-0.15, -0.1) is 0 Å². The molecule has 1 atom stereocenters. The van der Waals surface area contributed by atoms with Crippen LogP contribution in [0, 0.1) is 0 Å². The highest BCUT2D eigenvalue weighted by atomic mass is 31.2. The average Bonchev–Trinajstić information content (AvgIpc) is 2.90. The Morgan fingerprint density at radius 2 is 1.73 bits per heavy atom. The number of alkyl halides is 3. The van der Waals surface area contributed by atoms with Gasteiger partial charge in [-0.25, -0.2) is 0 Å². The van der Waals surface area contributed by atoms with Gasteiger partial charge in [-0.3, -0.25) is 14.3 Å². The van der Waals surface area contributed by atoms with E-state index < -0.39 is 26.4 Å². The minimum absolute atomic E-state index is 0.0336. The first kappa shape index (κ1) is 33.3. The lowest BCUT2D eigenvalue weighted by atomic mass is 10.1. The summed E-state index contributed by atoms with van der Waals surface area (Å²) in [6, 6.07) is 9.45. The highest BCUT2D eigenvalue weighted by Gasteiger charge is 2.28. The van der Waals surface area contributed by atoms with Gasteiger partial charge in [0.15, 0.2) is 6.61 Å². The maximum atomic E-state index is 12.9.